The monoisotopic (exact) mass is 463 g/mol. The first-order valence-corrected chi connectivity index (χ1v) is 14.8. The van der Waals surface area contributed by atoms with Gasteiger partial charge in [0.05, 0.1) is 0 Å². The van der Waals surface area contributed by atoms with Crippen LogP contribution in [0.5, 0.6) is 0 Å². The number of para-hydroxylation sites is 1. The van der Waals surface area contributed by atoms with Crippen LogP contribution in [0.15, 0.2) is 42.5 Å². The van der Waals surface area contributed by atoms with Crippen LogP contribution in [0.1, 0.15) is 134 Å². The first-order chi connectivity index (χ1) is 16.8. The molecule has 0 fully saturated rings. The minimum atomic E-state index is 1.18. The number of hydrogen-bond donors (Lipinski definition) is 1. The van der Waals surface area contributed by atoms with E-state index in [0.29, 0.717) is 0 Å². The smallest absolute Gasteiger partial charge is 0.0419 e. The minimum Gasteiger partial charge on any atom is -0.355 e. The third-order valence-corrected chi connectivity index (χ3v) is 7.19. The van der Waals surface area contributed by atoms with Gasteiger partial charge in [-0.05, 0) is 67.3 Å². The number of benzene rings is 2. The zero-order valence-electron chi connectivity index (χ0n) is 22.8. The number of hydrogen-bond acceptors (Lipinski definition) is 1. The van der Waals surface area contributed by atoms with Crippen LogP contribution in [0.2, 0.25) is 0 Å². The highest BCUT2D eigenvalue weighted by molar-refractivity contribution is 5.67. The van der Waals surface area contributed by atoms with Gasteiger partial charge in [0.1, 0.15) is 0 Å². The van der Waals surface area contributed by atoms with E-state index < -0.39 is 0 Å². The molecule has 0 atom stereocenters. The highest BCUT2D eigenvalue weighted by Gasteiger charge is 2.11. The van der Waals surface area contributed by atoms with Crippen molar-refractivity contribution in [2.75, 3.05) is 5.32 Å². The van der Waals surface area contributed by atoms with Crippen LogP contribution < -0.4 is 5.32 Å². The molecule has 0 aliphatic carbocycles. The molecule has 2 aromatic rings. The van der Waals surface area contributed by atoms with Gasteiger partial charge in [0.15, 0.2) is 0 Å². The molecule has 0 aromatic heterocycles. The van der Waals surface area contributed by atoms with E-state index >= 15 is 0 Å². The van der Waals surface area contributed by atoms with E-state index in [4.69, 9.17) is 0 Å². The van der Waals surface area contributed by atoms with Gasteiger partial charge in [-0.25, -0.2) is 0 Å². The summed E-state index contributed by atoms with van der Waals surface area (Å²) in [5.74, 6) is 0. The molecular weight excluding hydrogens is 410 g/mol. The summed E-state index contributed by atoms with van der Waals surface area (Å²) in [7, 11) is 0. The SMILES string of the molecule is CCCCCCCc1ccccc1Nc1cccc(CCCCCCC)c1CCCCCCC. The van der Waals surface area contributed by atoms with Gasteiger partial charge in [-0.1, -0.05) is 128 Å². The van der Waals surface area contributed by atoms with Gasteiger partial charge in [-0.3, -0.25) is 0 Å². The molecule has 0 saturated carbocycles. The largest absolute Gasteiger partial charge is 0.355 e. The molecule has 34 heavy (non-hydrogen) atoms. The van der Waals surface area contributed by atoms with E-state index in [9.17, 15) is 0 Å². The molecule has 0 aliphatic heterocycles. The molecular formula is C33H53N. The highest BCUT2D eigenvalue weighted by Crippen LogP contribution is 2.29. The van der Waals surface area contributed by atoms with Gasteiger partial charge in [-0.15, -0.1) is 0 Å². The second kappa shape index (κ2) is 18.6. The van der Waals surface area contributed by atoms with Crippen LogP contribution in [0.3, 0.4) is 0 Å². The normalized spacial score (nSPS) is 11.1. The van der Waals surface area contributed by atoms with Gasteiger partial charge in [-0.2, -0.15) is 0 Å². The third-order valence-electron chi connectivity index (χ3n) is 7.19. The molecule has 1 N–H and O–H groups in total. The fraction of sp³-hybridized carbons (Fsp3) is 0.636. The van der Waals surface area contributed by atoms with Crippen LogP contribution in [-0.2, 0) is 19.3 Å². The highest BCUT2D eigenvalue weighted by atomic mass is 14.9. The molecule has 2 aromatic carbocycles. The molecule has 0 radical (unpaired) electrons. The molecule has 2 rings (SSSR count). The van der Waals surface area contributed by atoms with E-state index in [1.54, 1.807) is 11.1 Å². The first kappa shape index (κ1) is 28.5. The Morgan fingerprint density at radius 3 is 1.53 bits per heavy atom. The van der Waals surface area contributed by atoms with Crippen LogP contribution in [-0.4, -0.2) is 0 Å². The van der Waals surface area contributed by atoms with Crippen LogP contribution in [0.25, 0.3) is 0 Å². The Labute approximate surface area is 212 Å². The van der Waals surface area contributed by atoms with Crippen LogP contribution >= 0.6 is 0 Å². The molecule has 0 heterocycles. The molecule has 0 unspecified atom stereocenters. The lowest BCUT2D eigenvalue weighted by Gasteiger charge is -2.19. The second-order valence-electron chi connectivity index (χ2n) is 10.2. The fourth-order valence-electron chi connectivity index (χ4n) is 5.03. The van der Waals surface area contributed by atoms with Crippen molar-refractivity contribution >= 4 is 11.4 Å². The predicted molar refractivity (Wildman–Crippen MR) is 154 cm³/mol. The number of rotatable bonds is 20. The average molecular weight is 464 g/mol. The van der Waals surface area contributed by atoms with E-state index in [2.05, 4.69) is 68.6 Å². The molecule has 0 saturated heterocycles. The van der Waals surface area contributed by atoms with Gasteiger partial charge >= 0.3 is 0 Å². The summed E-state index contributed by atoms with van der Waals surface area (Å²) in [4.78, 5) is 0. The van der Waals surface area contributed by atoms with Gasteiger partial charge in [0.25, 0.3) is 0 Å². The van der Waals surface area contributed by atoms with Gasteiger partial charge < -0.3 is 5.32 Å². The predicted octanol–water partition coefficient (Wildman–Crippen LogP) is 11.0. The summed E-state index contributed by atoms with van der Waals surface area (Å²) >= 11 is 0. The first-order valence-electron chi connectivity index (χ1n) is 14.8. The number of unbranched alkanes of at least 4 members (excludes halogenated alkanes) is 12. The number of aryl methyl sites for hydroxylation is 2. The van der Waals surface area contributed by atoms with Crippen molar-refractivity contribution in [1.82, 2.24) is 0 Å². The lowest BCUT2D eigenvalue weighted by Crippen LogP contribution is -2.04. The van der Waals surface area contributed by atoms with Gasteiger partial charge in [0, 0.05) is 11.4 Å². The molecule has 0 spiro atoms. The van der Waals surface area contributed by atoms with E-state index in [-0.39, 0.29) is 0 Å². The van der Waals surface area contributed by atoms with Crippen molar-refractivity contribution < 1.29 is 0 Å². The molecule has 0 amide bonds. The van der Waals surface area contributed by atoms with E-state index in [0.717, 1.165) is 0 Å². The second-order valence-corrected chi connectivity index (χ2v) is 10.2. The Morgan fingerprint density at radius 2 is 0.912 bits per heavy atom. The molecule has 0 bridgehead atoms. The average Bonchev–Trinajstić information content (AvgIpc) is 2.85. The lowest BCUT2D eigenvalue weighted by molar-refractivity contribution is 0.621. The number of nitrogens with one attached hydrogen (secondary N) is 1. The Bertz CT molecular complexity index is 763. The molecule has 1 nitrogen and oxygen atoms in total. The Morgan fingerprint density at radius 1 is 0.441 bits per heavy atom. The van der Waals surface area contributed by atoms with E-state index in [1.807, 2.05) is 0 Å². The fourth-order valence-corrected chi connectivity index (χ4v) is 5.03. The Kier molecular flexibility index (Phi) is 15.5. The Balaban J connectivity index is 2.10. The maximum absolute atomic E-state index is 3.90. The Hall–Kier alpha value is -1.76. The van der Waals surface area contributed by atoms with Crippen molar-refractivity contribution in [2.24, 2.45) is 0 Å². The molecule has 0 aliphatic rings. The molecule has 1 heteroatoms. The summed E-state index contributed by atoms with van der Waals surface area (Å²) < 4.78 is 0. The zero-order valence-corrected chi connectivity index (χ0v) is 22.8. The van der Waals surface area contributed by atoms with Crippen molar-refractivity contribution in [1.29, 1.82) is 0 Å². The van der Waals surface area contributed by atoms with Crippen molar-refractivity contribution in [3.05, 3.63) is 59.2 Å². The summed E-state index contributed by atoms with van der Waals surface area (Å²) in [5.41, 5.74) is 7.28. The topological polar surface area (TPSA) is 12.0 Å². The summed E-state index contributed by atoms with van der Waals surface area (Å²) in [6.45, 7) is 6.89. The molecule has 190 valence electrons. The summed E-state index contributed by atoms with van der Waals surface area (Å²) in [5, 5.41) is 3.90. The van der Waals surface area contributed by atoms with Gasteiger partial charge in [0.2, 0.25) is 0 Å². The van der Waals surface area contributed by atoms with E-state index in [1.165, 1.54) is 133 Å². The summed E-state index contributed by atoms with van der Waals surface area (Å²) in [6.07, 6.45) is 23.8. The standard InChI is InChI=1S/C33H53N/c1-4-7-10-13-16-22-29-25-21-28-33(31(29)26-18-15-12-9-6-3)34-32-27-20-19-24-30(32)23-17-14-11-8-5-2/h19-21,24-25,27-28,34H,4-18,22-23,26H2,1-3H3. The van der Waals surface area contributed by atoms with Crippen LogP contribution in [0, 0.1) is 0 Å². The van der Waals surface area contributed by atoms with Crippen molar-refractivity contribution in [3.8, 4) is 0 Å². The zero-order chi connectivity index (χ0) is 24.3. The number of anilines is 2. The van der Waals surface area contributed by atoms with Crippen molar-refractivity contribution in [3.63, 3.8) is 0 Å². The van der Waals surface area contributed by atoms with Crippen molar-refractivity contribution in [2.45, 2.75) is 136 Å². The quantitative estimate of drug-likeness (QED) is 0.192. The maximum atomic E-state index is 3.90. The summed E-state index contributed by atoms with van der Waals surface area (Å²) in [6, 6.07) is 16.0. The third kappa shape index (κ3) is 11.1. The minimum absolute atomic E-state index is 1.18. The maximum Gasteiger partial charge on any atom is 0.0419 e. The lowest BCUT2D eigenvalue weighted by atomic mass is 9.94. The van der Waals surface area contributed by atoms with Crippen LogP contribution in [0.4, 0.5) is 11.4 Å².